The Morgan fingerprint density at radius 3 is 2.73 bits per heavy atom. The molecule has 0 aliphatic heterocycles. The number of rotatable bonds is 4. The second-order valence-electron chi connectivity index (χ2n) is 3.09. The summed E-state index contributed by atoms with van der Waals surface area (Å²) in [6.45, 7) is 0. The highest BCUT2D eigenvalue weighted by Gasteiger charge is 1.96. The molecule has 0 heterocycles. The summed E-state index contributed by atoms with van der Waals surface area (Å²) in [6, 6.07) is 9.93. The van der Waals surface area contributed by atoms with Crippen molar-refractivity contribution >= 4 is 6.08 Å². The first kappa shape index (κ1) is 11.0. The standard InChI is InChI=1S/C12H12N2O/c13-14-10-12(15)9-5-4-8-11-6-2-1-3-7-11/h1-4,6-8,10H,5,9H2/p+1/b8-4+,12-10-. The van der Waals surface area contributed by atoms with Crippen molar-refractivity contribution in [3.63, 3.8) is 0 Å². The fourth-order valence-corrected chi connectivity index (χ4v) is 1.15. The minimum absolute atomic E-state index is 0.0789. The van der Waals surface area contributed by atoms with Gasteiger partial charge in [-0.05, 0) is 12.0 Å². The molecule has 1 aromatic carbocycles. The third-order valence-corrected chi connectivity index (χ3v) is 1.88. The molecule has 0 aromatic heterocycles. The molecular formula is C12H13N2O+. The lowest BCUT2D eigenvalue weighted by atomic mass is 10.2. The van der Waals surface area contributed by atoms with Gasteiger partial charge in [-0.2, -0.15) is 0 Å². The van der Waals surface area contributed by atoms with Crippen LogP contribution in [0.4, 0.5) is 0 Å². The fourth-order valence-electron chi connectivity index (χ4n) is 1.15. The van der Waals surface area contributed by atoms with E-state index < -0.39 is 0 Å². The first-order chi connectivity index (χ1) is 7.33. The van der Waals surface area contributed by atoms with Gasteiger partial charge in [-0.1, -0.05) is 42.5 Å². The van der Waals surface area contributed by atoms with Gasteiger partial charge in [-0.25, -0.2) is 0 Å². The predicted octanol–water partition coefficient (Wildman–Crippen LogP) is 3.73. The molecule has 76 valence electrons. The summed E-state index contributed by atoms with van der Waals surface area (Å²) in [5.74, 6) is 0.0789. The molecule has 1 aromatic rings. The number of aliphatic hydroxyl groups is 1. The van der Waals surface area contributed by atoms with Crippen molar-refractivity contribution in [1.29, 1.82) is 5.39 Å². The van der Waals surface area contributed by atoms with Gasteiger partial charge in [0, 0.05) is 6.42 Å². The van der Waals surface area contributed by atoms with Crippen LogP contribution < -0.4 is 0 Å². The monoisotopic (exact) mass is 201 g/mol. The van der Waals surface area contributed by atoms with Crippen molar-refractivity contribution < 1.29 is 5.11 Å². The normalized spacial score (nSPS) is 11.5. The van der Waals surface area contributed by atoms with Gasteiger partial charge < -0.3 is 5.11 Å². The second-order valence-corrected chi connectivity index (χ2v) is 3.09. The first-order valence-electron chi connectivity index (χ1n) is 4.76. The van der Waals surface area contributed by atoms with Crippen LogP contribution in [0.5, 0.6) is 0 Å². The maximum atomic E-state index is 9.12. The maximum absolute atomic E-state index is 9.12. The Hall–Kier alpha value is -2.08. The minimum Gasteiger partial charge on any atom is -0.505 e. The summed E-state index contributed by atoms with van der Waals surface area (Å²) in [7, 11) is 0. The van der Waals surface area contributed by atoms with E-state index in [1.807, 2.05) is 42.5 Å². The molecule has 1 rings (SSSR count). The summed E-state index contributed by atoms with van der Waals surface area (Å²) < 4.78 is 0. The molecule has 15 heavy (non-hydrogen) atoms. The number of nitrogens with zero attached hydrogens (tertiary/aromatic N) is 2. The summed E-state index contributed by atoms with van der Waals surface area (Å²) >= 11 is 0. The van der Waals surface area contributed by atoms with E-state index in [0.717, 1.165) is 11.8 Å². The Labute approximate surface area is 89.0 Å². The molecule has 0 amide bonds. The quantitative estimate of drug-likeness (QED) is 0.596. The Morgan fingerprint density at radius 1 is 1.33 bits per heavy atom. The highest BCUT2D eigenvalue weighted by Crippen LogP contribution is 2.06. The van der Waals surface area contributed by atoms with Crippen LogP contribution in [0.3, 0.4) is 0 Å². The third kappa shape index (κ3) is 4.63. The van der Waals surface area contributed by atoms with Crippen LogP contribution in [-0.2, 0) is 0 Å². The number of benzene rings is 1. The molecule has 0 spiro atoms. The molecule has 0 radical (unpaired) electrons. The average molecular weight is 201 g/mol. The zero-order valence-corrected chi connectivity index (χ0v) is 8.37. The molecule has 0 aliphatic carbocycles. The average Bonchev–Trinajstić information content (AvgIpc) is 2.26. The van der Waals surface area contributed by atoms with E-state index in [1.165, 1.54) is 0 Å². The van der Waals surface area contributed by atoms with Crippen molar-refractivity contribution in [2.24, 2.45) is 0 Å². The third-order valence-electron chi connectivity index (χ3n) is 1.88. The predicted molar refractivity (Wildman–Crippen MR) is 60.5 cm³/mol. The van der Waals surface area contributed by atoms with Gasteiger partial charge >= 0.3 is 6.20 Å². The van der Waals surface area contributed by atoms with E-state index in [2.05, 4.69) is 4.98 Å². The lowest BCUT2D eigenvalue weighted by molar-refractivity contribution is 0.389. The molecule has 0 unspecified atom stereocenters. The molecule has 0 fully saturated rings. The van der Waals surface area contributed by atoms with Crippen LogP contribution in [0.1, 0.15) is 18.4 Å². The van der Waals surface area contributed by atoms with E-state index in [-0.39, 0.29) is 5.76 Å². The summed E-state index contributed by atoms with van der Waals surface area (Å²) in [4.78, 5) is 2.74. The van der Waals surface area contributed by atoms with E-state index in [4.69, 9.17) is 10.5 Å². The lowest BCUT2D eigenvalue weighted by Gasteiger charge is -1.92. The summed E-state index contributed by atoms with van der Waals surface area (Å²) in [5.41, 5.74) is 1.13. The van der Waals surface area contributed by atoms with Gasteiger partial charge in [0.05, 0.1) is 0 Å². The smallest absolute Gasteiger partial charge is 0.387 e. The van der Waals surface area contributed by atoms with E-state index >= 15 is 0 Å². The lowest BCUT2D eigenvalue weighted by Crippen LogP contribution is -1.78. The molecule has 0 bridgehead atoms. The van der Waals surface area contributed by atoms with Crippen molar-refractivity contribution in [2.45, 2.75) is 12.8 Å². The Kier molecular flexibility index (Phi) is 4.68. The minimum atomic E-state index is 0.0789. The fraction of sp³-hybridized carbons (Fsp3) is 0.167. The van der Waals surface area contributed by atoms with Crippen LogP contribution in [0.25, 0.3) is 11.1 Å². The zero-order valence-electron chi connectivity index (χ0n) is 8.37. The highest BCUT2D eigenvalue weighted by molar-refractivity contribution is 5.48. The van der Waals surface area contributed by atoms with E-state index in [0.29, 0.717) is 12.8 Å². The molecule has 1 N–H and O–H groups in total. The maximum Gasteiger partial charge on any atom is 0.387 e. The van der Waals surface area contributed by atoms with Crippen LogP contribution in [0.15, 0.2) is 48.4 Å². The van der Waals surface area contributed by atoms with Crippen molar-refractivity contribution in [3.8, 4) is 0 Å². The second kappa shape index (κ2) is 6.39. The van der Waals surface area contributed by atoms with Crippen LogP contribution in [0, 0.1) is 5.39 Å². The van der Waals surface area contributed by atoms with Gasteiger partial charge in [0.2, 0.25) is 5.39 Å². The molecule has 3 heteroatoms. The summed E-state index contributed by atoms with van der Waals surface area (Å²) in [5, 5.41) is 17.3. The Bertz CT molecular complexity index is 388. The van der Waals surface area contributed by atoms with E-state index in [9.17, 15) is 0 Å². The number of diazo groups is 1. The van der Waals surface area contributed by atoms with Gasteiger partial charge in [-0.3, -0.25) is 0 Å². The molecule has 0 saturated heterocycles. The van der Waals surface area contributed by atoms with Crippen molar-refractivity contribution in [2.75, 3.05) is 0 Å². The Balaban J connectivity index is 2.36. The molecule has 0 atom stereocenters. The molecular weight excluding hydrogens is 188 g/mol. The van der Waals surface area contributed by atoms with E-state index in [1.54, 1.807) is 0 Å². The molecule has 0 aliphatic rings. The SMILES string of the molecule is N#[N+]/C=C(\O)CC/C=C/c1ccccc1. The van der Waals surface area contributed by atoms with Crippen LogP contribution in [-0.4, -0.2) is 5.11 Å². The summed E-state index contributed by atoms with van der Waals surface area (Å²) in [6.07, 6.45) is 6.19. The number of allylic oxidation sites excluding steroid dienone is 2. The topological polar surface area (TPSA) is 48.4 Å². The van der Waals surface area contributed by atoms with Gasteiger partial charge in [0.15, 0.2) is 10.7 Å². The van der Waals surface area contributed by atoms with Crippen LogP contribution >= 0.6 is 0 Å². The van der Waals surface area contributed by atoms with Gasteiger partial charge in [0.1, 0.15) is 0 Å². The number of hydrogen-bond donors (Lipinski definition) is 1. The van der Waals surface area contributed by atoms with Crippen molar-refractivity contribution in [1.82, 2.24) is 0 Å². The zero-order chi connectivity index (χ0) is 10.9. The highest BCUT2D eigenvalue weighted by atomic mass is 16.3. The van der Waals surface area contributed by atoms with Crippen molar-refractivity contribution in [3.05, 3.63) is 58.9 Å². The Morgan fingerprint density at radius 2 is 2.07 bits per heavy atom. The number of aliphatic hydroxyl groups excluding tert-OH is 1. The van der Waals surface area contributed by atoms with Crippen LogP contribution in [0.2, 0.25) is 0 Å². The van der Waals surface area contributed by atoms with Gasteiger partial charge in [-0.15, -0.1) is 0 Å². The number of hydrogen-bond acceptors (Lipinski definition) is 2. The van der Waals surface area contributed by atoms with Gasteiger partial charge in [0.25, 0.3) is 0 Å². The first-order valence-corrected chi connectivity index (χ1v) is 4.76. The largest absolute Gasteiger partial charge is 0.505 e. The molecule has 3 nitrogen and oxygen atoms in total. The molecule has 0 saturated carbocycles.